The summed E-state index contributed by atoms with van der Waals surface area (Å²) in [6.45, 7) is -0.0456. The molecule has 0 radical (unpaired) electrons. The number of nitrogens with zero attached hydrogens (tertiary/aromatic N) is 3. The number of methoxy groups -OCH3 is 1. The van der Waals surface area contributed by atoms with Crippen LogP contribution in [0.2, 0.25) is 0 Å². The second kappa shape index (κ2) is 4.39. The van der Waals surface area contributed by atoms with E-state index in [2.05, 4.69) is 15.2 Å². The van der Waals surface area contributed by atoms with Crippen molar-refractivity contribution in [1.82, 2.24) is 9.78 Å². The molecule has 6 heteroatoms. The molecule has 1 rings (SSSR count). The topological polar surface area (TPSA) is 79.9 Å². The zero-order chi connectivity index (χ0) is 10.6. The Morgan fingerprint density at radius 2 is 2.57 bits per heavy atom. The number of nitrogens with one attached hydrogen (secondary N) is 1. The molecule has 0 aliphatic rings. The number of carbonyl (C=O) groups is 1. The molecule has 0 fully saturated rings. The molecule has 0 atom stereocenters. The van der Waals surface area contributed by atoms with Crippen LogP contribution in [-0.2, 0) is 16.6 Å². The summed E-state index contributed by atoms with van der Waals surface area (Å²) in [5.41, 5.74) is 0.331. The molecular weight excluding hydrogens is 184 g/mol. The number of aromatic nitrogens is 2. The summed E-state index contributed by atoms with van der Waals surface area (Å²) in [6, 6.07) is 1.92. The predicted molar refractivity (Wildman–Crippen MR) is 48.4 cm³/mol. The van der Waals surface area contributed by atoms with Crippen LogP contribution in [0.25, 0.3) is 0 Å². The summed E-state index contributed by atoms with van der Waals surface area (Å²) >= 11 is 0. The number of ether oxygens (including phenoxy) is 1. The number of hydrogen-bond acceptors (Lipinski definition) is 4. The molecule has 0 aliphatic carbocycles. The summed E-state index contributed by atoms with van der Waals surface area (Å²) in [7, 11) is 3.07. The van der Waals surface area contributed by atoms with Crippen molar-refractivity contribution in [2.75, 3.05) is 19.0 Å². The van der Waals surface area contributed by atoms with E-state index in [1.807, 2.05) is 6.07 Å². The summed E-state index contributed by atoms with van der Waals surface area (Å²) in [5, 5.41) is 15.1. The van der Waals surface area contributed by atoms with Gasteiger partial charge in [0.15, 0.2) is 0 Å². The number of aryl methyl sites for hydroxylation is 1. The Labute approximate surface area is 81.1 Å². The number of nitriles is 1. The third-order valence-corrected chi connectivity index (χ3v) is 1.59. The van der Waals surface area contributed by atoms with Gasteiger partial charge in [-0.15, -0.1) is 0 Å². The normalized spacial score (nSPS) is 9.50. The fourth-order valence-electron chi connectivity index (χ4n) is 0.967. The molecule has 0 saturated carbocycles. The third kappa shape index (κ3) is 2.08. The van der Waals surface area contributed by atoms with E-state index in [-0.39, 0.29) is 12.5 Å². The van der Waals surface area contributed by atoms with Crippen molar-refractivity contribution in [3.63, 3.8) is 0 Å². The Hall–Kier alpha value is -1.87. The predicted octanol–water partition coefficient (Wildman–Crippen LogP) is -0.123. The number of anilines is 1. The molecule has 0 bridgehead atoms. The summed E-state index contributed by atoms with van der Waals surface area (Å²) in [6.07, 6.45) is 1.39. The average Bonchev–Trinajstić information content (AvgIpc) is 2.48. The number of carbonyl (C=O) groups excluding carboxylic acids is 1. The van der Waals surface area contributed by atoms with Crippen LogP contribution in [0.3, 0.4) is 0 Å². The molecule has 1 heterocycles. The van der Waals surface area contributed by atoms with E-state index >= 15 is 0 Å². The molecule has 0 aliphatic heterocycles. The highest BCUT2D eigenvalue weighted by Gasteiger charge is 2.10. The van der Waals surface area contributed by atoms with Crippen molar-refractivity contribution in [1.29, 1.82) is 5.26 Å². The van der Waals surface area contributed by atoms with Crippen molar-refractivity contribution < 1.29 is 9.53 Å². The maximum atomic E-state index is 11.1. The second-order valence-electron chi connectivity index (χ2n) is 2.62. The van der Waals surface area contributed by atoms with Crippen LogP contribution in [0.5, 0.6) is 0 Å². The van der Waals surface area contributed by atoms with Gasteiger partial charge in [-0.25, -0.2) is 0 Å². The van der Waals surface area contributed by atoms with Crippen LogP contribution < -0.4 is 5.32 Å². The largest absolute Gasteiger partial charge is 0.375 e. The summed E-state index contributed by atoms with van der Waals surface area (Å²) < 4.78 is 6.06. The highest BCUT2D eigenvalue weighted by Crippen LogP contribution is 2.11. The average molecular weight is 194 g/mol. The molecule has 74 valence electrons. The van der Waals surface area contributed by atoms with Crippen molar-refractivity contribution in [2.45, 2.75) is 0 Å². The van der Waals surface area contributed by atoms with Gasteiger partial charge in [-0.1, -0.05) is 0 Å². The molecule has 6 nitrogen and oxygen atoms in total. The lowest BCUT2D eigenvalue weighted by Gasteiger charge is -2.04. The van der Waals surface area contributed by atoms with Gasteiger partial charge in [0.2, 0.25) is 0 Å². The van der Waals surface area contributed by atoms with Crippen LogP contribution in [0.4, 0.5) is 5.82 Å². The van der Waals surface area contributed by atoms with Crippen LogP contribution in [0.1, 0.15) is 5.56 Å². The highest BCUT2D eigenvalue weighted by atomic mass is 16.5. The van der Waals surface area contributed by atoms with E-state index in [4.69, 9.17) is 5.26 Å². The molecule has 14 heavy (non-hydrogen) atoms. The second-order valence-corrected chi connectivity index (χ2v) is 2.62. The molecule has 0 spiro atoms. The minimum Gasteiger partial charge on any atom is -0.375 e. The Balaban J connectivity index is 2.80. The van der Waals surface area contributed by atoms with E-state index in [0.717, 1.165) is 0 Å². The van der Waals surface area contributed by atoms with E-state index in [1.165, 1.54) is 18.0 Å². The van der Waals surface area contributed by atoms with E-state index in [9.17, 15) is 4.79 Å². The van der Waals surface area contributed by atoms with Crippen molar-refractivity contribution in [3.8, 4) is 6.07 Å². The van der Waals surface area contributed by atoms with Gasteiger partial charge in [0.05, 0.1) is 6.20 Å². The smallest absolute Gasteiger partial charge is 0.251 e. The van der Waals surface area contributed by atoms with E-state index in [0.29, 0.717) is 11.4 Å². The number of hydrogen-bond donors (Lipinski definition) is 1. The maximum Gasteiger partial charge on any atom is 0.251 e. The lowest BCUT2D eigenvalue weighted by atomic mass is 10.3. The van der Waals surface area contributed by atoms with Crippen LogP contribution in [0.15, 0.2) is 6.20 Å². The van der Waals surface area contributed by atoms with Gasteiger partial charge in [-0.05, 0) is 0 Å². The minimum atomic E-state index is -0.312. The van der Waals surface area contributed by atoms with Gasteiger partial charge >= 0.3 is 0 Å². The molecule has 1 amide bonds. The first kappa shape index (κ1) is 10.2. The van der Waals surface area contributed by atoms with Crippen molar-refractivity contribution in [2.24, 2.45) is 7.05 Å². The lowest BCUT2D eigenvalue weighted by Crippen LogP contribution is -2.19. The van der Waals surface area contributed by atoms with Gasteiger partial charge in [0, 0.05) is 14.2 Å². The third-order valence-electron chi connectivity index (χ3n) is 1.59. The van der Waals surface area contributed by atoms with Crippen LogP contribution >= 0.6 is 0 Å². The van der Waals surface area contributed by atoms with Gasteiger partial charge in [0.25, 0.3) is 5.91 Å². The summed E-state index contributed by atoms with van der Waals surface area (Å²) in [4.78, 5) is 11.1. The fourth-order valence-corrected chi connectivity index (χ4v) is 0.967. The Morgan fingerprint density at radius 1 is 1.86 bits per heavy atom. The van der Waals surface area contributed by atoms with Crippen molar-refractivity contribution in [3.05, 3.63) is 11.8 Å². The maximum absolute atomic E-state index is 11.1. The summed E-state index contributed by atoms with van der Waals surface area (Å²) in [5.74, 6) is 0.0714. The SMILES string of the molecule is COCC(=O)Nc1c(C#N)cnn1C. The van der Waals surface area contributed by atoms with E-state index < -0.39 is 0 Å². The first-order valence-corrected chi connectivity index (χ1v) is 3.90. The van der Waals surface area contributed by atoms with Gasteiger partial charge in [0.1, 0.15) is 24.1 Å². The highest BCUT2D eigenvalue weighted by molar-refractivity contribution is 5.91. The zero-order valence-corrected chi connectivity index (χ0v) is 7.94. The molecule has 1 aromatic heterocycles. The molecule has 1 N–H and O–H groups in total. The van der Waals surface area contributed by atoms with Gasteiger partial charge < -0.3 is 10.1 Å². The fraction of sp³-hybridized carbons (Fsp3) is 0.375. The Morgan fingerprint density at radius 3 is 3.14 bits per heavy atom. The zero-order valence-electron chi connectivity index (χ0n) is 7.94. The Kier molecular flexibility index (Phi) is 3.20. The minimum absolute atomic E-state index is 0.0456. The molecule has 1 aromatic rings. The van der Waals surface area contributed by atoms with Gasteiger partial charge in [-0.2, -0.15) is 10.4 Å². The molecular formula is C8H10N4O2. The number of rotatable bonds is 3. The Bertz CT molecular complexity index is 377. The first-order chi connectivity index (χ1) is 6.69. The monoisotopic (exact) mass is 194 g/mol. The first-order valence-electron chi connectivity index (χ1n) is 3.90. The van der Waals surface area contributed by atoms with Crippen molar-refractivity contribution >= 4 is 11.7 Å². The molecule has 0 unspecified atom stereocenters. The standard InChI is InChI=1S/C8H10N4O2/c1-12-8(6(3-9)4-10-12)11-7(13)5-14-2/h4H,5H2,1-2H3,(H,11,13). The van der Waals surface area contributed by atoms with Gasteiger partial charge in [-0.3, -0.25) is 9.48 Å². The number of amides is 1. The van der Waals surface area contributed by atoms with Crippen LogP contribution in [0, 0.1) is 11.3 Å². The molecule has 0 saturated heterocycles. The molecule has 0 aromatic carbocycles. The van der Waals surface area contributed by atoms with Crippen LogP contribution in [-0.4, -0.2) is 29.4 Å². The lowest BCUT2D eigenvalue weighted by molar-refractivity contribution is -0.119. The van der Waals surface area contributed by atoms with E-state index in [1.54, 1.807) is 7.05 Å². The quantitative estimate of drug-likeness (QED) is 0.727.